The SMILES string of the molecule is COCC1=CCN(CCC2CNCCO2)CC1. The van der Waals surface area contributed by atoms with Crippen molar-refractivity contribution in [1.29, 1.82) is 0 Å². The zero-order valence-corrected chi connectivity index (χ0v) is 10.8. The van der Waals surface area contributed by atoms with Gasteiger partial charge in [0.25, 0.3) is 0 Å². The molecule has 0 aromatic carbocycles. The van der Waals surface area contributed by atoms with Crippen LogP contribution in [-0.2, 0) is 9.47 Å². The van der Waals surface area contributed by atoms with Crippen LogP contribution in [0.2, 0.25) is 0 Å². The van der Waals surface area contributed by atoms with Gasteiger partial charge in [-0.1, -0.05) is 6.08 Å². The maximum absolute atomic E-state index is 5.70. The highest BCUT2D eigenvalue weighted by atomic mass is 16.5. The molecule has 4 nitrogen and oxygen atoms in total. The molecule has 1 fully saturated rings. The van der Waals surface area contributed by atoms with Crippen molar-refractivity contribution in [3.8, 4) is 0 Å². The second-order valence-corrected chi connectivity index (χ2v) is 4.83. The number of methoxy groups -OCH3 is 1. The largest absolute Gasteiger partial charge is 0.380 e. The molecule has 2 aliphatic heterocycles. The molecule has 0 aromatic heterocycles. The molecule has 2 rings (SSSR count). The normalized spacial score (nSPS) is 26.9. The van der Waals surface area contributed by atoms with Gasteiger partial charge < -0.3 is 14.8 Å². The Morgan fingerprint density at radius 3 is 3.18 bits per heavy atom. The average Bonchev–Trinajstić information content (AvgIpc) is 2.40. The number of ether oxygens (including phenoxy) is 2. The van der Waals surface area contributed by atoms with E-state index in [2.05, 4.69) is 16.3 Å². The van der Waals surface area contributed by atoms with E-state index in [4.69, 9.17) is 9.47 Å². The first-order valence-electron chi connectivity index (χ1n) is 6.60. The highest BCUT2D eigenvalue weighted by Crippen LogP contribution is 2.12. The predicted molar refractivity (Wildman–Crippen MR) is 68.2 cm³/mol. The summed E-state index contributed by atoms with van der Waals surface area (Å²) >= 11 is 0. The number of rotatable bonds is 5. The van der Waals surface area contributed by atoms with Crippen molar-refractivity contribution in [2.24, 2.45) is 0 Å². The monoisotopic (exact) mass is 240 g/mol. The Morgan fingerprint density at radius 2 is 2.53 bits per heavy atom. The van der Waals surface area contributed by atoms with Gasteiger partial charge in [0.15, 0.2) is 0 Å². The third-order valence-electron chi connectivity index (χ3n) is 3.49. The van der Waals surface area contributed by atoms with Crippen molar-refractivity contribution in [3.05, 3.63) is 11.6 Å². The first kappa shape index (κ1) is 13.0. The number of hydrogen-bond donors (Lipinski definition) is 1. The van der Waals surface area contributed by atoms with Gasteiger partial charge in [-0.05, 0) is 18.4 Å². The lowest BCUT2D eigenvalue weighted by Crippen LogP contribution is -2.41. The summed E-state index contributed by atoms with van der Waals surface area (Å²) in [7, 11) is 1.76. The van der Waals surface area contributed by atoms with E-state index in [-0.39, 0.29) is 0 Å². The standard InChI is InChI=1S/C13H24N2O2/c1-16-11-12-2-6-15(7-3-12)8-4-13-10-14-5-9-17-13/h2,13-14H,3-11H2,1H3. The lowest BCUT2D eigenvalue weighted by Gasteiger charge is -2.29. The number of morpholine rings is 1. The number of nitrogens with zero attached hydrogens (tertiary/aromatic N) is 1. The van der Waals surface area contributed by atoms with Crippen LogP contribution in [0.1, 0.15) is 12.8 Å². The predicted octanol–water partition coefficient (Wildman–Crippen LogP) is 0.643. The molecule has 4 heteroatoms. The maximum atomic E-state index is 5.70. The Bertz CT molecular complexity index is 250. The van der Waals surface area contributed by atoms with Crippen LogP contribution in [0, 0.1) is 0 Å². The van der Waals surface area contributed by atoms with Crippen LogP contribution in [0.4, 0.5) is 0 Å². The van der Waals surface area contributed by atoms with Gasteiger partial charge in [0, 0.05) is 39.8 Å². The third-order valence-corrected chi connectivity index (χ3v) is 3.49. The van der Waals surface area contributed by atoms with Gasteiger partial charge >= 0.3 is 0 Å². The minimum Gasteiger partial charge on any atom is -0.380 e. The molecule has 0 saturated carbocycles. The van der Waals surface area contributed by atoms with Crippen LogP contribution in [0.25, 0.3) is 0 Å². The van der Waals surface area contributed by atoms with Gasteiger partial charge in [0.05, 0.1) is 19.3 Å². The molecule has 98 valence electrons. The van der Waals surface area contributed by atoms with Crippen molar-refractivity contribution in [2.45, 2.75) is 18.9 Å². The molecule has 0 bridgehead atoms. The molecule has 0 amide bonds. The zero-order valence-electron chi connectivity index (χ0n) is 10.8. The van der Waals surface area contributed by atoms with E-state index >= 15 is 0 Å². The molecule has 1 unspecified atom stereocenters. The zero-order chi connectivity index (χ0) is 11.9. The van der Waals surface area contributed by atoms with E-state index in [0.29, 0.717) is 6.10 Å². The van der Waals surface area contributed by atoms with Crippen molar-refractivity contribution in [3.63, 3.8) is 0 Å². The minimum absolute atomic E-state index is 0.410. The lowest BCUT2D eigenvalue weighted by molar-refractivity contribution is 0.0177. The molecular weight excluding hydrogens is 216 g/mol. The van der Waals surface area contributed by atoms with Gasteiger partial charge in [-0.3, -0.25) is 4.90 Å². The minimum atomic E-state index is 0.410. The van der Waals surface area contributed by atoms with E-state index in [1.165, 1.54) is 5.57 Å². The Morgan fingerprint density at radius 1 is 1.59 bits per heavy atom. The van der Waals surface area contributed by atoms with E-state index in [9.17, 15) is 0 Å². The second kappa shape index (κ2) is 7.11. The fourth-order valence-electron chi connectivity index (χ4n) is 2.40. The van der Waals surface area contributed by atoms with Crippen LogP contribution in [0.5, 0.6) is 0 Å². The molecule has 1 saturated heterocycles. The Kier molecular flexibility index (Phi) is 5.45. The summed E-state index contributed by atoms with van der Waals surface area (Å²) in [5, 5.41) is 3.37. The van der Waals surface area contributed by atoms with Gasteiger partial charge in [-0.2, -0.15) is 0 Å². The van der Waals surface area contributed by atoms with Crippen LogP contribution >= 0.6 is 0 Å². The highest BCUT2D eigenvalue weighted by molar-refractivity contribution is 5.07. The summed E-state index contributed by atoms with van der Waals surface area (Å²) in [4.78, 5) is 2.50. The van der Waals surface area contributed by atoms with E-state index in [1.54, 1.807) is 7.11 Å². The molecule has 0 aromatic rings. The summed E-state index contributed by atoms with van der Waals surface area (Å²) in [5.41, 5.74) is 1.44. The molecule has 0 radical (unpaired) electrons. The number of nitrogens with one attached hydrogen (secondary N) is 1. The van der Waals surface area contributed by atoms with Crippen LogP contribution in [0.15, 0.2) is 11.6 Å². The topological polar surface area (TPSA) is 33.7 Å². The van der Waals surface area contributed by atoms with E-state index in [1.807, 2.05) is 0 Å². The molecule has 0 spiro atoms. The lowest BCUT2D eigenvalue weighted by atomic mass is 10.1. The smallest absolute Gasteiger partial charge is 0.0712 e. The summed E-state index contributed by atoms with van der Waals surface area (Å²) in [6, 6.07) is 0. The van der Waals surface area contributed by atoms with Crippen LogP contribution in [-0.4, -0.2) is 64.1 Å². The van der Waals surface area contributed by atoms with Crippen LogP contribution < -0.4 is 5.32 Å². The maximum Gasteiger partial charge on any atom is 0.0712 e. The molecular formula is C13H24N2O2. The van der Waals surface area contributed by atoms with Crippen LogP contribution in [0.3, 0.4) is 0 Å². The Labute approximate surface area is 104 Å². The van der Waals surface area contributed by atoms with Gasteiger partial charge in [0.1, 0.15) is 0 Å². The van der Waals surface area contributed by atoms with Gasteiger partial charge in [-0.15, -0.1) is 0 Å². The van der Waals surface area contributed by atoms with Gasteiger partial charge in [-0.25, -0.2) is 0 Å². The fraction of sp³-hybridized carbons (Fsp3) is 0.846. The van der Waals surface area contributed by atoms with E-state index < -0.39 is 0 Å². The molecule has 1 N–H and O–H groups in total. The van der Waals surface area contributed by atoms with E-state index in [0.717, 1.165) is 58.8 Å². The average molecular weight is 240 g/mol. The van der Waals surface area contributed by atoms with Crippen molar-refractivity contribution in [2.75, 3.05) is 53.0 Å². The quantitative estimate of drug-likeness (QED) is 0.715. The fourth-order valence-corrected chi connectivity index (χ4v) is 2.40. The highest BCUT2D eigenvalue weighted by Gasteiger charge is 2.16. The van der Waals surface area contributed by atoms with Gasteiger partial charge in [0.2, 0.25) is 0 Å². The molecule has 1 atom stereocenters. The van der Waals surface area contributed by atoms with Crippen molar-refractivity contribution < 1.29 is 9.47 Å². The first-order valence-corrected chi connectivity index (χ1v) is 6.60. The summed E-state index contributed by atoms with van der Waals surface area (Å²) < 4.78 is 10.9. The Balaban J connectivity index is 1.64. The second-order valence-electron chi connectivity index (χ2n) is 4.83. The Hall–Kier alpha value is -0.420. The summed E-state index contributed by atoms with van der Waals surface area (Å²) in [6.45, 7) is 7.05. The third kappa shape index (κ3) is 4.39. The summed E-state index contributed by atoms with van der Waals surface area (Å²) in [5.74, 6) is 0. The first-order chi connectivity index (χ1) is 8.38. The van der Waals surface area contributed by atoms with Crippen molar-refractivity contribution >= 4 is 0 Å². The number of hydrogen-bond acceptors (Lipinski definition) is 4. The summed E-state index contributed by atoms with van der Waals surface area (Å²) in [6.07, 6.45) is 5.01. The van der Waals surface area contributed by atoms with Crippen molar-refractivity contribution in [1.82, 2.24) is 10.2 Å². The molecule has 17 heavy (non-hydrogen) atoms. The molecule has 0 aliphatic carbocycles. The molecule has 2 heterocycles. The molecule has 2 aliphatic rings.